The van der Waals surface area contributed by atoms with Crippen molar-refractivity contribution in [1.82, 2.24) is 14.9 Å². The van der Waals surface area contributed by atoms with Crippen LogP contribution in [0.2, 0.25) is 0 Å². The lowest BCUT2D eigenvalue weighted by Crippen LogP contribution is -2.39. The highest BCUT2D eigenvalue weighted by Gasteiger charge is 2.40. The van der Waals surface area contributed by atoms with Gasteiger partial charge in [-0.15, -0.1) is 0 Å². The van der Waals surface area contributed by atoms with Crippen molar-refractivity contribution in [1.29, 1.82) is 0 Å². The summed E-state index contributed by atoms with van der Waals surface area (Å²) in [6.45, 7) is 13.4. The number of hydrogen-bond acceptors (Lipinski definition) is 4. The minimum Gasteiger partial charge on any atom is -0.465 e. The number of nitrogens with one attached hydrogen (secondary N) is 1. The fraction of sp³-hybridized carbons (Fsp3) is 0.765. The first-order valence-electron chi connectivity index (χ1n) is 8.09. The summed E-state index contributed by atoms with van der Waals surface area (Å²) in [7, 11) is 0. The lowest BCUT2D eigenvalue weighted by Gasteiger charge is -2.36. The van der Waals surface area contributed by atoms with Crippen LogP contribution in [-0.4, -0.2) is 35.2 Å². The standard InChI is InChI=1S/C17H31N3O2/c1-16(2,3)17(4,5)15(21)22-13-7-9-18-8-6-11-20-12-10-19-14-20/h10,12,14,18H,6-9,11,13H2,1-5H3. The molecule has 22 heavy (non-hydrogen) atoms. The van der Waals surface area contributed by atoms with Crippen molar-refractivity contribution in [3.05, 3.63) is 18.7 Å². The molecule has 1 N–H and O–H groups in total. The van der Waals surface area contributed by atoms with Crippen LogP contribution in [0.3, 0.4) is 0 Å². The first kappa shape index (κ1) is 18.7. The number of esters is 1. The average Bonchev–Trinajstić information content (AvgIpc) is 2.93. The van der Waals surface area contributed by atoms with Gasteiger partial charge in [-0.05, 0) is 45.2 Å². The van der Waals surface area contributed by atoms with Crippen LogP contribution in [0.25, 0.3) is 0 Å². The molecule has 126 valence electrons. The zero-order valence-electron chi connectivity index (χ0n) is 14.7. The van der Waals surface area contributed by atoms with E-state index in [1.807, 2.05) is 26.4 Å². The lowest BCUT2D eigenvalue weighted by molar-refractivity contribution is -0.160. The normalized spacial score (nSPS) is 12.4. The lowest BCUT2D eigenvalue weighted by atomic mass is 9.69. The summed E-state index contributed by atoms with van der Waals surface area (Å²) in [6, 6.07) is 0. The van der Waals surface area contributed by atoms with Gasteiger partial charge in [-0.1, -0.05) is 20.8 Å². The summed E-state index contributed by atoms with van der Waals surface area (Å²) >= 11 is 0. The molecule has 0 amide bonds. The second-order valence-corrected chi connectivity index (χ2v) is 7.27. The van der Waals surface area contributed by atoms with E-state index >= 15 is 0 Å². The van der Waals surface area contributed by atoms with E-state index in [4.69, 9.17) is 4.74 Å². The molecule has 0 radical (unpaired) electrons. The largest absolute Gasteiger partial charge is 0.465 e. The smallest absolute Gasteiger partial charge is 0.312 e. The van der Waals surface area contributed by atoms with Crippen molar-refractivity contribution < 1.29 is 9.53 Å². The van der Waals surface area contributed by atoms with Crippen LogP contribution in [-0.2, 0) is 16.1 Å². The maximum absolute atomic E-state index is 12.1. The molecular formula is C17H31N3O2. The van der Waals surface area contributed by atoms with Gasteiger partial charge in [0.05, 0.1) is 18.3 Å². The first-order chi connectivity index (χ1) is 10.2. The van der Waals surface area contributed by atoms with E-state index in [0.29, 0.717) is 6.61 Å². The number of hydrogen-bond donors (Lipinski definition) is 1. The van der Waals surface area contributed by atoms with Gasteiger partial charge in [0.1, 0.15) is 0 Å². The van der Waals surface area contributed by atoms with Crippen LogP contribution >= 0.6 is 0 Å². The van der Waals surface area contributed by atoms with Gasteiger partial charge in [-0.25, -0.2) is 4.98 Å². The molecule has 1 heterocycles. The summed E-state index contributed by atoms with van der Waals surface area (Å²) in [4.78, 5) is 16.1. The van der Waals surface area contributed by atoms with E-state index in [9.17, 15) is 4.79 Å². The Bertz CT molecular complexity index is 433. The Morgan fingerprint density at radius 2 is 1.86 bits per heavy atom. The number of carbonyl (C=O) groups is 1. The topological polar surface area (TPSA) is 56.1 Å². The Morgan fingerprint density at radius 3 is 2.45 bits per heavy atom. The average molecular weight is 309 g/mol. The van der Waals surface area contributed by atoms with Crippen molar-refractivity contribution in [2.24, 2.45) is 10.8 Å². The summed E-state index contributed by atoms with van der Waals surface area (Å²) in [5.41, 5.74) is -0.569. The van der Waals surface area contributed by atoms with E-state index in [1.54, 1.807) is 6.20 Å². The Balaban J connectivity index is 2.04. The van der Waals surface area contributed by atoms with E-state index in [1.165, 1.54) is 0 Å². The maximum Gasteiger partial charge on any atom is 0.312 e. The van der Waals surface area contributed by atoms with Crippen molar-refractivity contribution in [3.8, 4) is 0 Å². The van der Waals surface area contributed by atoms with Crippen LogP contribution in [0.15, 0.2) is 18.7 Å². The SMILES string of the molecule is CC(C)(C)C(C)(C)C(=O)OCCCNCCCn1ccnc1. The van der Waals surface area contributed by atoms with Gasteiger partial charge in [-0.2, -0.15) is 0 Å². The Labute approximate surface area is 134 Å². The van der Waals surface area contributed by atoms with Crippen molar-refractivity contribution in [2.75, 3.05) is 19.7 Å². The van der Waals surface area contributed by atoms with Crippen LogP contribution < -0.4 is 5.32 Å². The highest BCUT2D eigenvalue weighted by atomic mass is 16.5. The third-order valence-electron chi connectivity index (χ3n) is 4.45. The van der Waals surface area contributed by atoms with Gasteiger partial charge in [-0.3, -0.25) is 4.79 Å². The van der Waals surface area contributed by atoms with Gasteiger partial charge >= 0.3 is 5.97 Å². The summed E-state index contributed by atoms with van der Waals surface area (Å²) < 4.78 is 7.47. The molecule has 5 heteroatoms. The van der Waals surface area contributed by atoms with Crippen molar-refractivity contribution in [3.63, 3.8) is 0 Å². The van der Waals surface area contributed by atoms with Crippen LogP contribution in [0.5, 0.6) is 0 Å². The minimum atomic E-state index is -0.467. The second-order valence-electron chi connectivity index (χ2n) is 7.27. The maximum atomic E-state index is 12.1. The number of carbonyl (C=O) groups excluding carboxylic acids is 1. The highest BCUT2D eigenvalue weighted by molar-refractivity contribution is 5.76. The molecule has 0 saturated heterocycles. The molecule has 0 aliphatic carbocycles. The molecule has 5 nitrogen and oxygen atoms in total. The minimum absolute atomic E-state index is 0.102. The number of nitrogens with zero attached hydrogens (tertiary/aromatic N) is 2. The Morgan fingerprint density at radius 1 is 1.18 bits per heavy atom. The van der Waals surface area contributed by atoms with Crippen LogP contribution in [0.4, 0.5) is 0 Å². The number of ether oxygens (including phenoxy) is 1. The third-order valence-corrected chi connectivity index (χ3v) is 4.45. The van der Waals surface area contributed by atoms with E-state index in [2.05, 4.69) is 35.6 Å². The summed E-state index contributed by atoms with van der Waals surface area (Å²) in [5, 5.41) is 3.37. The molecule has 1 rings (SSSR count). The number of aromatic nitrogens is 2. The first-order valence-corrected chi connectivity index (χ1v) is 8.09. The molecule has 0 spiro atoms. The predicted molar refractivity (Wildman–Crippen MR) is 88.5 cm³/mol. The third kappa shape index (κ3) is 5.79. The van der Waals surface area contributed by atoms with Gasteiger partial charge < -0.3 is 14.6 Å². The van der Waals surface area contributed by atoms with Gasteiger partial charge in [0, 0.05) is 18.9 Å². The molecule has 0 fully saturated rings. The van der Waals surface area contributed by atoms with Gasteiger partial charge in [0.25, 0.3) is 0 Å². The van der Waals surface area contributed by atoms with Crippen LogP contribution in [0, 0.1) is 10.8 Å². The molecule has 0 aromatic carbocycles. The monoisotopic (exact) mass is 309 g/mol. The van der Waals surface area contributed by atoms with E-state index in [-0.39, 0.29) is 11.4 Å². The van der Waals surface area contributed by atoms with Crippen molar-refractivity contribution in [2.45, 2.75) is 54.0 Å². The number of rotatable bonds is 9. The molecular weight excluding hydrogens is 278 g/mol. The molecule has 1 aromatic heterocycles. The highest BCUT2D eigenvalue weighted by Crippen LogP contribution is 2.38. The molecule has 0 saturated carbocycles. The van der Waals surface area contributed by atoms with E-state index in [0.717, 1.165) is 32.5 Å². The zero-order valence-corrected chi connectivity index (χ0v) is 14.7. The number of imidazole rings is 1. The molecule has 1 aromatic rings. The zero-order chi connectivity index (χ0) is 16.6. The Hall–Kier alpha value is -1.36. The summed E-state index contributed by atoms with van der Waals surface area (Å²) in [5.74, 6) is -0.111. The fourth-order valence-corrected chi connectivity index (χ4v) is 1.78. The fourth-order valence-electron chi connectivity index (χ4n) is 1.78. The second kappa shape index (κ2) is 8.32. The Kier molecular flexibility index (Phi) is 7.07. The molecule has 0 aliphatic rings. The van der Waals surface area contributed by atoms with Gasteiger partial charge in [0.2, 0.25) is 0 Å². The van der Waals surface area contributed by atoms with Crippen LogP contribution in [0.1, 0.15) is 47.5 Å². The van der Waals surface area contributed by atoms with E-state index < -0.39 is 5.41 Å². The van der Waals surface area contributed by atoms with Crippen molar-refractivity contribution >= 4 is 5.97 Å². The number of aryl methyl sites for hydroxylation is 1. The molecule has 0 bridgehead atoms. The molecule has 0 unspecified atom stereocenters. The molecule has 0 aliphatic heterocycles. The summed E-state index contributed by atoms with van der Waals surface area (Å²) in [6.07, 6.45) is 7.50. The van der Waals surface area contributed by atoms with Gasteiger partial charge in [0.15, 0.2) is 0 Å². The molecule has 0 atom stereocenters. The predicted octanol–water partition coefficient (Wildman–Crippen LogP) is 2.87. The quantitative estimate of drug-likeness (QED) is 0.563.